The molecule has 25 heavy (non-hydrogen) atoms. The zero-order valence-corrected chi connectivity index (χ0v) is 13.8. The van der Waals surface area contributed by atoms with Gasteiger partial charge in [-0.15, -0.1) is 0 Å². The average Bonchev–Trinajstić information content (AvgIpc) is 2.58. The number of hydrogen-bond donors (Lipinski definition) is 2. The number of aliphatic imine (C=N–C) groups is 2. The summed E-state index contributed by atoms with van der Waals surface area (Å²) in [5.41, 5.74) is 1.93. The minimum atomic E-state index is -0.522. The van der Waals surface area contributed by atoms with Gasteiger partial charge in [-0.05, 0) is 31.5 Å². The van der Waals surface area contributed by atoms with Crippen LogP contribution in [0, 0.1) is 17.0 Å². The van der Waals surface area contributed by atoms with E-state index >= 15 is 0 Å². The Morgan fingerprint density at radius 2 is 1.56 bits per heavy atom. The molecular weight excluding hydrogens is 322 g/mol. The summed E-state index contributed by atoms with van der Waals surface area (Å²) in [7, 11) is 0. The molecule has 0 unspecified atom stereocenters. The van der Waals surface area contributed by atoms with Gasteiger partial charge in [0.15, 0.2) is 0 Å². The van der Waals surface area contributed by atoms with Crippen LogP contribution in [0.4, 0.5) is 5.69 Å². The quantitative estimate of drug-likeness (QED) is 0.349. The van der Waals surface area contributed by atoms with E-state index in [2.05, 4.69) is 9.98 Å². The molecule has 130 valence electrons. The van der Waals surface area contributed by atoms with Gasteiger partial charge in [0.1, 0.15) is 11.5 Å². The van der Waals surface area contributed by atoms with Gasteiger partial charge in [0, 0.05) is 48.8 Å². The van der Waals surface area contributed by atoms with Crippen LogP contribution in [0.15, 0.2) is 46.4 Å². The van der Waals surface area contributed by atoms with Crippen molar-refractivity contribution in [2.45, 2.75) is 13.3 Å². The molecule has 0 radical (unpaired) electrons. The number of nitro benzene ring substituents is 1. The van der Waals surface area contributed by atoms with Crippen molar-refractivity contribution >= 4 is 18.1 Å². The van der Waals surface area contributed by atoms with Gasteiger partial charge in [-0.1, -0.05) is 11.6 Å². The Balaban J connectivity index is 1.84. The number of rotatable bonds is 7. The Kier molecular flexibility index (Phi) is 6.22. The highest BCUT2D eigenvalue weighted by molar-refractivity contribution is 5.84. The third kappa shape index (κ3) is 5.42. The molecule has 0 aromatic heterocycles. The van der Waals surface area contributed by atoms with Crippen molar-refractivity contribution in [3.8, 4) is 11.5 Å². The second-order valence-corrected chi connectivity index (χ2v) is 5.49. The summed E-state index contributed by atoms with van der Waals surface area (Å²) in [4.78, 5) is 18.6. The second-order valence-electron chi connectivity index (χ2n) is 5.49. The summed E-state index contributed by atoms with van der Waals surface area (Å²) in [6, 6.07) is 9.09. The van der Waals surface area contributed by atoms with Gasteiger partial charge in [-0.3, -0.25) is 20.1 Å². The first-order valence-electron chi connectivity index (χ1n) is 7.74. The summed E-state index contributed by atoms with van der Waals surface area (Å²) in [5.74, 6) is 0.135. The normalized spacial score (nSPS) is 11.4. The smallest absolute Gasteiger partial charge is 0.270 e. The summed E-state index contributed by atoms with van der Waals surface area (Å²) in [6.07, 6.45) is 3.71. The SMILES string of the molecule is Cc1ccc(O)c(C=NCCCN=Cc2cc([N+](=O)[O-])ccc2O)c1. The van der Waals surface area contributed by atoms with Crippen molar-refractivity contribution in [2.24, 2.45) is 9.98 Å². The number of aryl methyl sites for hydroxylation is 1. The van der Waals surface area contributed by atoms with Crippen molar-refractivity contribution < 1.29 is 15.1 Å². The Hall–Kier alpha value is -3.22. The number of phenolic OH excluding ortho intramolecular Hbond substituents is 2. The van der Waals surface area contributed by atoms with Crippen molar-refractivity contribution in [3.05, 3.63) is 63.2 Å². The maximum atomic E-state index is 10.7. The molecule has 0 fully saturated rings. The molecule has 7 nitrogen and oxygen atoms in total. The van der Waals surface area contributed by atoms with Gasteiger partial charge in [-0.25, -0.2) is 0 Å². The van der Waals surface area contributed by atoms with Crippen LogP contribution in [0.2, 0.25) is 0 Å². The minimum absolute atomic E-state index is 0.0534. The van der Waals surface area contributed by atoms with Gasteiger partial charge < -0.3 is 10.2 Å². The summed E-state index contributed by atoms with van der Waals surface area (Å²) < 4.78 is 0. The molecule has 2 aromatic carbocycles. The van der Waals surface area contributed by atoms with Crippen molar-refractivity contribution in [3.63, 3.8) is 0 Å². The van der Waals surface area contributed by atoms with Gasteiger partial charge in [0.05, 0.1) is 4.92 Å². The van der Waals surface area contributed by atoms with E-state index in [1.807, 2.05) is 19.1 Å². The molecule has 2 aromatic rings. The topological polar surface area (TPSA) is 108 Å². The number of nitrogens with zero attached hydrogens (tertiary/aromatic N) is 3. The number of benzene rings is 2. The molecule has 0 aliphatic carbocycles. The standard InChI is InChI=1S/C18H19N3O4/c1-13-3-5-17(22)14(9-13)11-19-7-2-8-20-12-15-10-16(21(24)25)4-6-18(15)23/h3-6,9-12,22-23H,2,7-8H2,1H3. The molecule has 0 bridgehead atoms. The van der Waals surface area contributed by atoms with Crippen molar-refractivity contribution in [1.82, 2.24) is 0 Å². The number of phenols is 2. The average molecular weight is 341 g/mol. The predicted octanol–water partition coefficient (Wildman–Crippen LogP) is 3.24. The first-order valence-corrected chi connectivity index (χ1v) is 7.74. The van der Waals surface area contributed by atoms with E-state index in [0.717, 1.165) is 5.56 Å². The van der Waals surface area contributed by atoms with Gasteiger partial charge >= 0.3 is 0 Å². The van der Waals surface area contributed by atoms with Gasteiger partial charge in [0.2, 0.25) is 0 Å². The third-order valence-electron chi connectivity index (χ3n) is 3.44. The van der Waals surface area contributed by atoms with Crippen LogP contribution in [0.3, 0.4) is 0 Å². The van der Waals surface area contributed by atoms with E-state index in [-0.39, 0.29) is 17.2 Å². The number of non-ortho nitro benzene ring substituents is 1. The monoisotopic (exact) mass is 341 g/mol. The van der Waals surface area contributed by atoms with Crippen LogP contribution in [0.1, 0.15) is 23.1 Å². The first kappa shape index (κ1) is 18.1. The molecule has 2 N–H and O–H groups in total. The highest BCUT2D eigenvalue weighted by atomic mass is 16.6. The molecule has 0 heterocycles. The van der Waals surface area contributed by atoms with E-state index in [9.17, 15) is 20.3 Å². The molecule has 2 rings (SSSR count). The van der Waals surface area contributed by atoms with Gasteiger partial charge in [0.25, 0.3) is 5.69 Å². The maximum absolute atomic E-state index is 10.7. The summed E-state index contributed by atoms with van der Waals surface area (Å²) >= 11 is 0. The highest BCUT2D eigenvalue weighted by Gasteiger charge is 2.08. The van der Waals surface area contributed by atoms with Crippen molar-refractivity contribution in [1.29, 1.82) is 0 Å². The van der Waals surface area contributed by atoms with Crippen LogP contribution < -0.4 is 0 Å². The van der Waals surface area contributed by atoms with E-state index in [1.165, 1.54) is 24.4 Å². The minimum Gasteiger partial charge on any atom is -0.507 e. The number of aromatic hydroxyl groups is 2. The van der Waals surface area contributed by atoms with Crippen LogP contribution in [0.5, 0.6) is 11.5 Å². The van der Waals surface area contributed by atoms with Crippen LogP contribution >= 0.6 is 0 Å². The fourth-order valence-electron chi connectivity index (χ4n) is 2.12. The van der Waals surface area contributed by atoms with E-state index in [1.54, 1.807) is 12.3 Å². The fraction of sp³-hybridized carbons (Fsp3) is 0.222. The van der Waals surface area contributed by atoms with Crippen LogP contribution in [-0.4, -0.2) is 40.7 Å². The van der Waals surface area contributed by atoms with Gasteiger partial charge in [-0.2, -0.15) is 0 Å². The predicted molar refractivity (Wildman–Crippen MR) is 97.1 cm³/mol. The lowest BCUT2D eigenvalue weighted by atomic mass is 10.1. The van der Waals surface area contributed by atoms with Crippen LogP contribution in [0.25, 0.3) is 0 Å². The molecule has 0 saturated carbocycles. The lowest BCUT2D eigenvalue weighted by Gasteiger charge is -2.00. The molecule has 0 amide bonds. The molecule has 0 spiro atoms. The number of nitro groups is 1. The Bertz CT molecular complexity index is 816. The Morgan fingerprint density at radius 1 is 1.00 bits per heavy atom. The molecule has 0 atom stereocenters. The van der Waals surface area contributed by atoms with E-state index in [4.69, 9.17) is 0 Å². The molecule has 0 aliphatic rings. The molecule has 0 aliphatic heterocycles. The highest BCUT2D eigenvalue weighted by Crippen LogP contribution is 2.21. The molecule has 7 heteroatoms. The van der Waals surface area contributed by atoms with Crippen LogP contribution in [-0.2, 0) is 0 Å². The third-order valence-corrected chi connectivity index (χ3v) is 3.44. The molecule has 0 saturated heterocycles. The zero-order valence-electron chi connectivity index (χ0n) is 13.8. The summed E-state index contributed by atoms with van der Waals surface area (Å²) in [6.45, 7) is 2.94. The first-order chi connectivity index (χ1) is 12.0. The maximum Gasteiger partial charge on any atom is 0.270 e. The Labute approximate surface area is 145 Å². The Morgan fingerprint density at radius 3 is 2.16 bits per heavy atom. The largest absolute Gasteiger partial charge is 0.507 e. The zero-order chi connectivity index (χ0) is 18.2. The van der Waals surface area contributed by atoms with Crippen molar-refractivity contribution in [2.75, 3.05) is 13.1 Å². The van der Waals surface area contributed by atoms with E-state index in [0.29, 0.717) is 30.6 Å². The lowest BCUT2D eigenvalue weighted by molar-refractivity contribution is -0.384. The fourth-order valence-corrected chi connectivity index (χ4v) is 2.12. The van der Waals surface area contributed by atoms with E-state index < -0.39 is 4.92 Å². The lowest BCUT2D eigenvalue weighted by Crippen LogP contribution is -1.92. The second kappa shape index (κ2) is 8.58. The summed E-state index contributed by atoms with van der Waals surface area (Å²) in [5, 5.41) is 30.1. The number of hydrogen-bond acceptors (Lipinski definition) is 6. The molecular formula is C18H19N3O4.